The van der Waals surface area contributed by atoms with Crippen molar-refractivity contribution >= 4 is 34.8 Å². The van der Waals surface area contributed by atoms with Crippen LogP contribution < -0.4 is 15.4 Å². The van der Waals surface area contributed by atoms with Gasteiger partial charge in [0.2, 0.25) is 5.91 Å². The smallest absolute Gasteiger partial charge is 0.265 e. The van der Waals surface area contributed by atoms with Crippen molar-refractivity contribution in [1.29, 1.82) is 0 Å². The van der Waals surface area contributed by atoms with Crippen molar-refractivity contribution in [1.82, 2.24) is 0 Å². The van der Waals surface area contributed by atoms with Crippen LogP contribution in [0.3, 0.4) is 0 Å². The van der Waals surface area contributed by atoms with Gasteiger partial charge < -0.3 is 15.4 Å². The van der Waals surface area contributed by atoms with Gasteiger partial charge in [-0.05, 0) is 55.7 Å². The number of fused-ring (bicyclic) bond motifs is 1. The molecule has 2 amide bonds. The molecule has 2 N–H and O–H groups in total. The third kappa shape index (κ3) is 2.85. The Morgan fingerprint density at radius 2 is 2.08 bits per heavy atom. The average Bonchev–Trinajstić information content (AvgIpc) is 3.38. The van der Waals surface area contributed by atoms with E-state index in [-0.39, 0.29) is 11.8 Å². The number of hydrogen-bond acceptors (Lipinski definition) is 3. The van der Waals surface area contributed by atoms with Gasteiger partial charge in [0.25, 0.3) is 5.91 Å². The number of halogens is 1. The maximum absolute atomic E-state index is 12.8. The first-order valence-corrected chi connectivity index (χ1v) is 8.55. The van der Waals surface area contributed by atoms with E-state index < -0.39 is 11.5 Å². The Morgan fingerprint density at radius 1 is 1.28 bits per heavy atom. The minimum atomic E-state index is -0.523. The van der Waals surface area contributed by atoms with Gasteiger partial charge in [-0.15, -0.1) is 0 Å². The summed E-state index contributed by atoms with van der Waals surface area (Å²) >= 11 is 6.06. The quantitative estimate of drug-likeness (QED) is 0.880. The van der Waals surface area contributed by atoms with Gasteiger partial charge in [-0.2, -0.15) is 0 Å². The van der Waals surface area contributed by atoms with Crippen LogP contribution in [0.5, 0.6) is 5.75 Å². The average molecular weight is 357 g/mol. The lowest BCUT2D eigenvalue weighted by Crippen LogP contribution is -2.34. The minimum absolute atomic E-state index is 0.0638. The lowest BCUT2D eigenvalue weighted by molar-refractivity contribution is -0.122. The third-order valence-corrected chi connectivity index (χ3v) is 4.97. The molecule has 1 fully saturated rings. The van der Waals surface area contributed by atoms with Crippen molar-refractivity contribution in [2.75, 3.05) is 10.6 Å². The fraction of sp³-hybridized carbons (Fsp3) is 0.263. The van der Waals surface area contributed by atoms with E-state index in [4.69, 9.17) is 16.3 Å². The van der Waals surface area contributed by atoms with Crippen LogP contribution in [0.2, 0.25) is 5.02 Å². The molecule has 6 heteroatoms. The molecule has 1 aliphatic heterocycles. The summed E-state index contributed by atoms with van der Waals surface area (Å²) in [4.78, 5) is 24.6. The van der Waals surface area contributed by atoms with Gasteiger partial charge in [-0.1, -0.05) is 23.7 Å². The Balaban J connectivity index is 1.56. The zero-order valence-electron chi connectivity index (χ0n) is 13.6. The van der Waals surface area contributed by atoms with Crippen LogP contribution in [0.4, 0.5) is 11.4 Å². The molecule has 0 bridgehead atoms. The van der Waals surface area contributed by atoms with Gasteiger partial charge in [0.1, 0.15) is 5.75 Å². The number of rotatable bonds is 3. The van der Waals surface area contributed by atoms with Gasteiger partial charge in [-0.3, -0.25) is 9.59 Å². The van der Waals surface area contributed by atoms with Crippen molar-refractivity contribution in [3.63, 3.8) is 0 Å². The Labute approximate surface area is 150 Å². The highest BCUT2D eigenvalue weighted by Gasteiger charge is 2.51. The predicted octanol–water partition coefficient (Wildman–Crippen LogP) is 3.73. The highest BCUT2D eigenvalue weighted by molar-refractivity contribution is 6.30. The summed E-state index contributed by atoms with van der Waals surface area (Å²) < 4.78 is 5.53. The molecule has 0 radical (unpaired) electrons. The number of nitrogens with one attached hydrogen (secondary N) is 2. The number of anilines is 2. The molecule has 1 unspecified atom stereocenters. The molecule has 0 saturated heterocycles. The highest BCUT2D eigenvalue weighted by atomic mass is 35.5. The van der Waals surface area contributed by atoms with Crippen LogP contribution in [0.25, 0.3) is 0 Å². The topological polar surface area (TPSA) is 67.4 Å². The number of carbonyl (C=O) groups is 2. The van der Waals surface area contributed by atoms with Crippen LogP contribution in [0.15, 0.2) is 42.5 Å². The molecule has 1 atom stereocenters. The molecule has 5 nitrogen and oxygen atoms in total. The number of benzene rings is 2. The maximum atomic E-state index is 12.8. The molecule has 2 aromatic carbocycles. The van der Waals surface area contributed by atoms with Crippen molar-refractivity contribution in [2.24, 2.45) is 0 Å². The summed E-state index contributed by atoms with van der Waals surface area (Å²) in [5.41, 5.74) is 1.60. The Hall–Kier alpha value is -2.53. The normalized spacial score (nSPS) is 20.1. The molecule has 4 rings (SSSR count). The van der Waals surface area contributed by atoms with E-state index >= 15 is 0 Å². The first kappa shape index (κ1) is 16.0. The van der Waals surface area contributed by atoms with Crippen molar-refractivity contribution in [3.8, 4) is 5.75 Å². The number of carbonyl (C=O) groups excluding carboxylic acids is 2. The van der Waals surface area contributed by atoms with E-state index in [0.717, 1.165) is 18.4 Å². The second-order valence-electron chi connectivity index (χ2n) is 6.51. The minimum Gasteiger partial charge on any atom is -0.479 e. The van der Waals surface area contributed by atoms with Crippen LogP contribution in [-0.2, 0) is 15.0 Å². The predicted molar refractivity (Wildman–Crippen MR) is 96.2 cm³/mol. The van der Waals surface area contributed by atoms with Gasteiger partial charge in [0.15, 0.2) is 6.10 Å². The molecule has 1 aliphatic carbocycles. The molecule has 0 spiro atoms. The third-order valence-electron chi connectivity index (χ3n) is 4.73. The first-order chi connectivity index (χ1) is 12.0. The van der Waals surface area contributed by atoms with E-state index in [1.807, 2.05) is 18.2 Å². The van der Waals surface area contributed by atoms with Gasteiger partial charge in [0, 0.05) is 10.7 Å². The van der Waals surface area contributed by atoms with Crippen LogP contribution in [-0.4, -0.2) is 17.9 Å². The van der Waals surface area contributed by atoms with E-state index in [2.05, 4.69) is 10.6 Å². The Bertz CT molecular complexity index is 877. The SMILES string of the molecule is CC1Oc2ccc(NC(=O)C3(c4cccc(Cl)c4)CC3)cc2NC1=O. The lowest BCUT2D eigenvalue weighted by Gasteiger charge is -2.24. The Kier molecular flexibility index (Phi) is 3.69. The zero-order valence-corrected chi connectivity index (χ0v) is 14.4. The number of hydrogen-bond donors (Lipinski definition) is 2. The Morgan fingerprint density at radius 3 is 2.80 bits per heavy atom. The number of ether oxygens (including phenoxy) is 1. The summed E-state index contributed by atoms with van der Waals surface area (Å²) in [6, 6.07) is 12.7. The maximum Gasteiger partial charge on any atom is 0.265 e. The van der Waals surface area contributed by atoms with E-state index in [1.165, 1.54) is 0 Å². The van der Waals surface area contributed by atoms with Crippen LogP contribution >= 0.6 is 11.6 Å². The molecular weight excluding hydrogens is 340 g/mol. The fourth-order valence-corrected chi connectivity index (χ4v) is 3.29. The summed E-state index contributed by atoms with van der Waals surface area (Å²) in [6.07, 6.45) is 1.06. The van der Waals surface area contributed by atoms with E-state index in [1.54, 1.807) is 31.2 Å². The number of amides is 2. The standard InChI is InChI=1S/C19H17ClN2O3/c1-11-17(23)22-15-10-14(5-6-16(15)25-11)21-18(24)19(7-8-19)12-3-2-4-13(20)9-12/h2-6,9-11H,7-8H2,1H3,(H,21,24)(H,22,23). The monoisotopic (exact) mass is 356 g/mol. The van der Waals surface area contributed by atoms with E-state index in [9.17, 15) is 9.59 Å². The molecule has 2 aliphatic rings. The summed E-state index contributed by atoms with van der Waals surface area (Å²) in [5, 5.41) is 6.36. The largest absolute Gasteiger partial charge is 0.479 e. The van der Waals surface area contributed by atoms with Crippen LogP contribution in [0, 0.1) is 0 Å². The zero-order chi connectivity index (χ0) is 17.6. The van der Waals surface area contributed by atoms with Crippen molar-refractivity contribution < 1.29 is 14.3 Å². The molecule has 0 aromatic heterocycles. The van der Waals surface area contributed by atoms with Crippen molar-refractivity contribution in [2.45, 2.75) is 31.3 Å². The van der Waals surface area contributed by atoms with Crippen molar-refractivity contribution in [3.05, 3.63) is 53.1 Å². The molecule has 1 saturated carbocycles. The molecule has 25 heavy (non-hydrogen) atoms. The lowest BCUT2D eigenvalue weighted by atomic mass is 9.95. The molecular formula is C19H17ClN2O3. The summed E-state index contributed by atoms with van der Waals surface area (Å²) in [6.45, 7) is 1.69. The molecule has 1 heterocycles. The highest BCUT2D eigenvalue weighted by Crippen LogP contribution is 2.49. The summed E-state index contributed by atoms with van der Waals surface area (Å²) in [7, 11) is 0. The molecule has 128 valence electrons. The first-order valence-electron chi connectivity index (χ1n) is 8.17. The second kappa shape index (κ2) is 5.77. The fourth-order valence-electron chi connectivity index (χ4n) is 3.10. The van der Waals surface area contributed by atoms with Gasteiger partial charge in [0.05, 0.1) is 11.1 Å². The van der Waals surface area contributed by atoms with E-state index in [0.29, 0.717) is 22.1 Å². The summed E-state index contributed by atoms with van der Waals surface area (Å²) in [5.74, 6) is 0.334. The second-order valence-corrected chi connectivity index (χ2v) is 6.94. The van der Waals surface area contributed by atoms with Crippen LogP contribution in [0.1, 0.15) is 25.3 Å². The van der Waals surface area contributed by atoms with Gasteiger partial charge >= 0.3 is 0 Å². The van der Waals surface area contributed by atoms with Gasteiger partial charge in [-0.25, -0.2) is 0 Å². The molecule has 2 aromatic rings.